The summed E-state index contributed by atoms with van der Waals surface area (Å²) in [5.74, 6) is -8.52. The summed E-state index contributed by atoms with van der Waals surface area (Å²) < 4.78 is 53.2. The fraction of sp³-hybridized carbons (Fsp3) is 0.459. The van der Waals surface area contributed by atoms with Gasteiger partial charge in [-0.05, 0) is 181 Å². The van der Waals surface area contributed by atoms with Gasteiger partial charge >= 0.3 is 18.0 Å². The number of benzene rings is 6. The summed E-state index contributed by atoms with van der Waals surface area (Å²) in [6.07, 6.45) is -0.201. The number of aliphatic imine (C=N–C) groups is 1. The van der Waals surface area contributed by atoms with Crippen molar-refractivity contribution in [1.82, 2.24) is 41.9 Å². The standard InChI is InChI=1S/C85H110N10O16S2/c1-15-51(2)72(78(102)88-66(43-45-112-14)75(99)91-69(49-109-82(6,7)8)77(101)89-67(79(103)104)40-29-44-87-80(86)95-113(106,107)50-64-52(3)53(4)73-62(54(64)5)47-84(12,13)111-73)93-76(100)68(46-71(97)110-83(9,10)11)90-74(98)65(92-81(105)108-48-63-60-38-27-25-36-58(60)59-37-26-28-39-61(59)63)41-42-70(96)94-85(55-30-19-16-20-31-55,56-32-21-17-22-33-56)57-34-23-18-24-35-57/h16-28,30-39,51,63,65-69,72H,15,29,40-50H2,1-14H3,(H,88,102)(H,89,101)(H,90,98)(H,91,99)(H,92,105)(H,93,100)(H,94,96)(H,103,104)(H3,86,87,95)/t51-,65-,66-,67-,68-,69-,72-/m0/s1. The molecule has 11 N–H and O–H groups in total. The van der Waals surface area contributed by atoms with E-state index in [1.165, 1.54) is 11.8 Å². The zero-order valence-electron chi connectivity index (χ0n) is 67.0. The first-order valence-electron chi connectivity index (χ1n) is 38.1. The number of ether oxygens (including phenoxy) is 4. The first kappa shape index (κ1) is 88.2. The largest absolute Gasteiger partial charge is 0.487 e. The molecule has 6 aromatic rings. The van der Waals surface area contributed by atoms with Gasteiger partial charge in [-0.1, -0.05) is 160 Å². The van der Waals surface area contributed by atoms with Crippen molar-refractivity contribution in [2.75, 3.05) is 31.8 Å². The van der Waals surface area contributed by atoms with Crippen molar-refractivity contribution in [2.45, 2.75) is 212 Å². The summed E-state index contributed by atoms with van der Waals surface area (Å²) in [6.45, 7) is 22.1. The van der Waals surface area contributed by atoms with Gasteiger partial charge in [-0.15, -0.1) is 0 Å². The van der Waals surface area contributed by atoms with Crippen LogP contribution in [0.15, 0.2) is 145 Å². The van der Waals surface area contributed by atoms with Crippen molar-refractivity contribution in [3.05, 3.63) is 195 Å². The number of alkyl carbamates (subject to hydrolysis) is 1. The molecule has 6 aromatic carbocycles. The molecule has 7 amide bonds. The van der Waals surface area contributed by atoms with Crippen molar-refractivity contribution in [2.24, 2.45) is 16.6 Å². The van der Waals surface area contributed by atoms with Crippen LogP contribution in [-0.2, 0) is 80.3 Å². The normalized spacial score (nSPS) is 15.1. The first-order chi connectivity index (χ1) is 53.3. The van der Waals surface area contributed by atoms with E-state index >= 15 is 9.59 Å². The number of nitrogens with zero attached hydrogens (tertiary/aromatic N) is 1. The second kappa shape index (κ2) is 38.9. The number of carbonyl (C=O) groups excluding carboxylic acids is 8. The third kappa shape index (κ3) is 24.1. The Bertz CT molecular complexity index is 4390. The van der Waals surface area contributed by atoms with Crippen LogP contribution in [-0.4, -0.2) is 158 Å². The van der Waals surface area contributed by atoms with Crippen molar-refractivity contribution in [1.29, 1.82) is 0 Å². The van der Waals surface area contributed by atoms with Crippen LogP contribution in [0, 0.1) is 26.7 Å². The summed E-state index contributed by atoms with van der Waals surface area (Å²) in [5, 5.41) is 29.6. The van der Waals surface area contributed by atoms with Crippen molar-refractivity contribution >= 4 is 81.2 Å². The molecule has 0 spiro atoms. The number of rotatable bonds is 37. The Labute approximate surface area is 667 Å². The lowest BCUT2D eigenvalue weighted by Crippen LogP contribution is -2.61. The van der Waals surface area contributed by atoms with E-state index in [4.69, 9.17) is 24.7 Å². The van der Waals surface area contributed by atoms with Crippen LogP contribution < -0.4 is 52.4 Å². The average Bonchev–Trinajstić information content (AvgIpc) is 1.71. The molecule has 0 unspecified atom stereocenters. The highest BCUT2D eigenvalue weighted by atomic mass is 32.2. The van der Waals surface area contributed by atoms with Gasteiger partial charge in [-0.2, -0.15) is 11.8 Å². The summed E-state index contributed by atoms with van der Waals surface area (Å²) >= 11 is 1.34. The molecule has 1 aliphatic carbocycles. The predicted octanol–water partition coefficient (Wildman–Crippen LogP) is 9.49. The third-order valence-corrected chi connectivity index (χ3v) is 21.8. The maximum Gasteiger partial charge on any atom is 0.407 e. The number of hydrogen-bond acceptors (Lipinski definition) is 17. The molecule has 2 aliphatic rings. The van der Waals surface area contributed by atoms with E-state index in [1.54, 1.807) is 61.6 Å². The Hall–Kier alpha value is -10.3. The predicted molar refractivity (Wildman–Crippen MR) is 435 cm³/mol. The number of aliphatic carboxylic acids is 1. The first-order valence-corrected chi connectivity index (χ1v) is 41.2. The van der Waals surface area contributed by atoms with Crippen molar-refractivity contribution < 1.29 is 75.6 Å². The van der Waals surface area contributed by atoms with Crippen LogP contribution in [0.25, 0.3) is 11.1 Å². The molecular formula is C85H110N10O16S2. The average molecular weight is 1590 g/mol. The zero-order chi connectivity index (χ0) is 82.8. The molecule has 1 aliphatic heterocycles. The molecule has 0 fully saturated rings. The summed E-state index contributed by atoms with van der Waals surface area (Å²) in [7, 11) is -4.08. The second-order valence-electron chi connectivity index (χ2n) is 31.4. The fourth-order valence-electron chi connectivity index (χ4n) is 13.9. The highest BCUT2D eigenvalue weighted by Crippen LogP contribution is 2.46. The van der Waals surface area contributed by atoms with Gasteiger partial charge in [0.2, 0.25) is 51.4 Å². The number of sulfonamides is 1. The lowest BCUT2D eigenvalue weighted by molar-refractivity contribution is -0.156. The molecule has 0 saturated carbocycles. The van der Waals surface area contributed by atoms with E-state index in [0.29, 0.717) is 12.0 Å². The number of carbonyl (C=O) groups is 9. The topological polar surface area (TPSA) is 380 Å². The molecule has 0 radical (unpaired) electrons. The zero-order valence-corrected chi connectivity index (χ0v) is 68.6. The summed E-state index contributed by atoms with van der Waals surface area (Å²) in [5.41, 5.74) is 12.3. The van der Waals surface area contributed by atoms with Crippen LogP contribution in [0.3, 0.4) is 0 Å². The molecule has 0 saturated heterocycles. The number of hydrogen-bond donors (Lipinski definition) is 10. The van der Waals surface area contributed by atoms with Crippen LogP contribution >= 0.6 is 11.8 Å². The number of esters is 1. The maximum absolute atomic E-state index is 15.2. The van der Waals surface area contributed by atoms with Crippen LogP contribution in [0.5, 0.6) is 5.75 Å². The Balaban J connectivity index is 0.994. The van der Waals surface area contributed by atoms with Gasteiger partial charge in [0.15, 0.2) is 0 Å². The van der Waals surface area contributed by atoms with E-state index in [9.17, 15) is 47.1 Å². The molecule has 0 aromatic heterocycles. The third-order valence-electron chi connectivity index (χ3n) is 20.0. The smallest absolute Gasteiger partial charge is 0.407 e. The van der Waals surface area contributed by atoms with Gasteiger partial charge in [0.05, 0.1) is 24.4 Å². The Kier molecular flexibility index (Phi) is 30.4. The lowest BCUT2D eigenvalue weighted by Gasteiger charge is -2.37. The summed E-state index contributed by atoms with van der Waals surface area (Å²) in [4.78, 5) is 134. The quantitative estimate of drug-likeness (QED) is 0.00570. The number of nitrogens with one attached hydrogen (secondary N) is 8. The van der Waals surface area contributed by atoms with Gasteiger partial charge in [0, 0.05) is 30.9 Å². The van der Waals surface area contributed by atoms with Crippen LogP contribution in [0.1, 0.15) is 176 Å². The molecule has 0 bridgehead atoms. The monoisotopic (exact) mass is 1590 g/mol. The van der Waals surface area contributed by atoms with Gasteiger partial charge < -0.3 is 67.0 Å². The van der Waals surface area contributed by atoms with E-state index in [-0.39, 0.29) is 56.9 Å². The minimum Gasteiger partial charge on any atom is -0.487 e. The molecule has 1 heterocycles. The molecule has 28 heteroatoms. The highest BCUT2D eigenvalue weighted by Gasteiger charge is 2.42. The maximum atomic E-state index is 15.2. The Morgan fingerprint density at radius 1 is 0.637 bits per heavy atom. The van der Waals surface area contributed by atoms with Crippen LogP contribution in [0.4, 0.5) is 4.79 Å². The van der Waals surface area contributed by atoms with E-state index in [2.05, 4.69) is 46.9 Å². The SMILES string of the molecule is CC[C@H](C)[C@H](NC(=O)[C@H](CC(=O)OC(C)(C)C)NC(=O)[C@H](CCC(=O)NC(c1ccccc1)(c1ccccc1)c1ccccc1)NC(=O)OCC1c2ccccc2-c2ccccc21)C(=O)N[C@@H](CCSC)C(=O)N[C@@H](COC(C)(C)C)C(=O)N[C@@H](CCCN=C(N)NS(=O)(=O)Cc1c(C)c(C)c2c(c1C)CC(C)(C)O2)C(=O)O. The number of thioether (sulfide) groups is 1. The number of nitrogens with two attached hydrogens (primary N) is 1. The minimum atomic E-state index is -4.08. The van der Waals surface area contributed by atoms with Gasteiger partial charge in [0.25, 0.3) is 0 Å². The Morgan fingerprint density at radius 3 is 1.67 bits per heavy atom. The van der Waals surface area contributed by atoms with Gasteiger partial charge in [0.1, 0.15) is 65.3 Å². The number of guanidine groups is 1. The summed E-state index contributed by atoms with van der Waals surface area (Å²) in [6, 6.07) is 34.2. The molecule has 7 atom stereocenters. The Morgan fingerprint density at radius 2 is 1.14 bits per heavy atom. The fourth-order valence-corrected chi connectivity index (χ4v) is 15.7. The second-order valence-corrected chi connectivity index (χ2v) is 34.1. The molecule has 608 valence electrons. The number of carboxylic acids is 1. The van der Waals surface area contributed by atoms with E-state index < -0.39 is 159 Å². The van der Waals surface area contributed by atoms with E-state index in [0.717, 1.165) is 66.9 Å². The van der Waals surface area contributed by atoms with Gasteiger partial charge in [-0.3, -0.25) is 43.3 Å². The number of carboxylic acid groups (broad SMARTS) is 1. The van der Waals surface area contributed by atoms with Gasteiger partial charge in [-0.25, -0.2) is 18.0 Å². The molecule has 113 heavy (non-hydrogen) atoms. The highest BCUT2D eigenvalue weighted by molar-refractivity contribution is 7.98. The molecular weight excluding hydrogens is 1480 g/mol. The lowest BCUT2D eigenvalue weighted by atomic mass is 9.77. The molecule has 8 rings (SSSR count). The molecule has 26 nitrogen and oxygen atoms in total. The van der Waals surface area contributed by atoms with E-state index in [1.807, 2.05) is 174 Å². The van der Waals surface area contributed by atoms with Crippen molar-refractivity contribution in [3.8, 4) is 16.9 Å². The van der Waals surface area contributed by atoms with Crippen molar-refractivity contribution in [3.63, 3.8) is 0 Å². The van der Waals surface area contributed by atoms with Crippen LogP contribution in [0.2, 0.25) is 0 Å². The number of fused-ring (bicyclic) bond motifs is 4. The number of amides is 7. The minimum absolute atomic E-state index is 0.00167.